The van der Waals surface area contributed by atoms with E-state index in [4.69, 9.17) is 0 Å². The molecule has 0 radical (unpaired) electrons. The molecule has 1 aliphatic rings. The Morgan fingerprint density at radius 2 is 1.90 bits per heavy atom. The van der Waals surface area contributed by atoms with E-state index in [-0.39, 0.29) is 24.2 Å². The maximum atomic E-state index is 12.5. The van der Waals surface area contributed by atoms with Crippen LogP contribution in [0.5, 0.6) is 0 Å². The minimum absolute atomic E-state index is 0.0171. The zero-order chi connectivity index (χ0) is 21.0. The van der Waals surface area contributed by atoms with E-state index in [9.17, 15) is 9.59 Å². The van der Waals surface area contributed by atoms with Gasteiger partial charge in [-0.2, -0.15) is 4.98 Å². The summed E-state index contributed by atoms with van der Waals surface area (Å²) in [6, 6.07) is 9.68. The van der Waals surface area contributed by atoms with Crippen molar-refractivity contribution in [1.29, 1.82) is 0 Å². The molecule has 2 N–H and O–H groups in total. The van der Waals surface area contributed by atoms with Crippen LogP contribution < -0.4 is 20.4 Å². The maximum Gasteiger partial charge on any atom is 0.227 e. The molecule has 0 aliphatic carbocycles. The monoisotopic (exact) mass is 396 g/mol. The second kappa shape index (κ2) is 8.89. The highest BCUT2D eigenvalue weighted by atomic mass is 16.2. The molecule has 0 bridgehead atoms. The zero-order valence-electron chi connectivity index (χ0n) is 17.4. The lowest BCUT2D eigenvalue weighted by atomic mass is 10.1. The molecule has 1 aromatic carbocycles. The smallest absolute Gasteiger partial charge is 0.227 e. The molecular weight excluding hydrogens is 368 g/mol. The summed E-state index contributed by atoms with van der Waals surface area (Å²) in [5.41, 5.74) is 2.85. The van der Waals surface area contributed by atoms with E-state index < -0.39 is 0 Å². The van der Waals surface area contributed by atoms with Crippen molar-refractivity contribution in [2.24, 2.45) is 5.92 Å². The molecule has 0 saturated carbocycles. The topological polar surface area (TPSA) is 90.5 Å². The number of aromatic nitrogens is 2. The fraction of sp³-hybridized carbons (Fsp3) is 0.429. The Kier molecular flexibility index (Phi) is 6.31. The van der Waals surface area contributed by atoms with E-state index >= 15 is 0 Å². The highest BCUT2D eigenvalue weighted by Gasteiger charge is 2.34. The van der Waals surface area contributed by atoms with Gasteiger partial charge in [0.25, 0.3) is 0 Å². The average molecular weight is 396 g/mol. The van der Waals surface area contributed by atoms with Gasteiger partial charge in [0, 0.05) is 57.6 Å². The van der Waals surface area contributed by atoms with Gasteiger partial charge < -0.3 is 20.4 Å². The van der Waals surface area contributed by atoms with Crippen LogP contribution in [-0.4, -0.2) is 55.5 Å². The Bertz CT molecular complexity index is 881. The third-order valence-electron chi connectivity index (χ3n) is 4.85. The van der Waals surface area contributed by atoms with Crippen LogP contribution in [-0.2, 0) is 9.59 Å². The lowest BCUT2D eigenvalue weighted by Gasteiger charge is -2.17. The van der Waals surface area contributed by atoms with Gasteiger partial charge in [0.2, 0.25) is 17.8 Å². The van der Waals surface area contributed by atoms with E-state index in [1.165, 1.54) is 0 Å². The first-order valence-corrected chi connectivity index (χ1v) is 9.75. The van der Waals surface area contributed by atoms with Crippen LogP contribution in [0.25, 0.3) is 0 Å². The first-order valence-electron chi connectivity index (χ1n) is 9.75. The van der Waals surface area contributed by atoms with Crippen molar-refractivity contribution in [3.63, 3.8) is 0 Å². The molecule has 3 rings (SSSR count). The summed E-state index contributed by atoms with van der Waals surface area (Å²) >= 11 is 0. The van der Waals surface area contributed by atoms with Crippen LogP contribution in [0.1, 0.15) is 17.7 Å². The summed E-state index contributed by atoms with van der Waals surface area (Å²) in [7, 11) is 3.85. The fourth-order valence-electron chi connectivity index (χ4n) is 3.22. The number of amides is 2. The number of rotatable bonds is 7. The summed E-state index contributed by atoms with van der Waals surface area (Å²) in [5.74, 6) is 0.902. The van der Waals surface area contributed by atoms with Crippen LogP contribution in [0.15, 0.2) is 30.3 Å². The van der Waals surface area contributed by atoms with Crippen LogP contribution in [0, 0.1) is 19.8 Å². The number of carbonyl (C=O) groups is 2. The van der Waals surface area contributed by atoms with Gasteiger partial charge in [-0.05, 0) is 26.0 Å². The summed E-state index contributed by atoms with van der Waals surface area (Å²) in [5, 5.41) is 6.04. The zero-order valence-corrected chi connectivity index (χ0v) is 17.4. The van der Waals surface area contributed by atoms with Gasteiger partial charge in [-0.25, -0.2) is 4.98 Å². The van der Waals surface area contributed by atoms with Crippen LogP contribution in [0.3, 0.4) is 0 Å². The lowest BCUT2D eigenvalue weighted by molar-refractivity contribution is -0.126. The van der Waals surface area contributed by atoms with Gasteiger partial charge in [-0.3, -0.25) is 9.59 Å². The van der Waals surface area contributed by atoms with Crippen LogP contribution in [0.2, 0.25) is 0 Å². The Labute approximate surface area is 171 Å². The third-order valence-corrected chi connectivity index (χ3v) is 4.85. The largest absolute Gasteiger partial charge is 0.363 e. The molecule has 1 fully saturated rings. The molecule has 1 unspecified atom stereocenters. The number of benzene rings is 1. The standard InChI is InChI=1S/C21H28N6O2/c1-14-5-7-17(8-6-14)27-13-16(12-19(27)28)20(29)22-9-10-23-21-24-15(2)11-18(25-21)26(3)4/h5-8,11,16H,9-10,12-13H2,1-4H3,(H,22,29)(H,23,24,25). The SMILES string of the molecule is Cc1ccc(N2CC(C(=O)NCCNc3nc(C)cc(N(C)C)n3)CC2=O)cc1. The quantitative estimate of drug-likeness (QED) is 0.693. The highest BCUT2D eigenvalue weighted by molar-refractivity contribution is 6.00. The normalized spacial score (nSPS) is 16.1. The lowest BCUT2D eigenvalue weighted by Crippen LogP contribution is -2.35. The van der Waals surface area contributed by atoms with Crippen molar-refractivity contribution >= 4 is 29.3 Å². The highest BCUT2D eigenvalue weighted by Crippen LogP contribution is 2.25. The van der Waals surface area contributed by atoms with E-state index in [1.54, 1.807) is 4.90 Å². The molecule has 1 atom stereocenters. The molecule has 8 nitrogen and oxygen atoms in total. The predicted molar refractivity (Wildman–Crippen MR) is 114 cm³/mol. The number of carbonyl (C=O) groups excluding carboxylic acids is 2. The molecule has 2 heterocycles. The molecule has 2 aromatic rings. The molecule has 1 aromatic heterocycles. The van der Waals surface area contributed by atoms with Crippen LogP contribution in [0.4, 0.5) is 17.5 Å². The minimum atomic E-state index is -0.334. The minimum Gasteiger partial charge on any atom is -0.363 e. The number of anilines is 3. The predicted octanol–water partition coefficient (Wildman–Crippen LogP) is 1.74. The van der Waals surface area contributed by atoms with Crippen molar-refractivity contribution in [3.05, 3.63) is 41.6 Å². The average Bonchev–Trinajstić information content (AvgIpc) is 3.07. The van der Waals surface area contributed by atoms with Crippen LogP contribution >= 0.6 is 0 Å². The van der Waals surface area contributed by atoms with E-state index in [0.29, 0.717) is 25.6 Å². The molecule has 8 heteroatoms. The van der Waals surface area contributed by atoms with Crippen molar-refractivity contribution < 1.29 is 9.59 Å². The summed E-state index contributed by atoms with van der Waals surface area (Å²) in [4.78, 5) is 37.2. The molecule has 29 heavy (non-hydrogen) atoms. The van der Waals surface area contributed by atoms with Crippen molar-refractivity contribution in [1.82, 2.24) is 15.3 Å². The number of nitrogens with zero attached hydrogens (tertiary/aromatic N) is 4. The first-order chi connectivity index (χ1) is 13.8. The van der Waals surface area contributed by atoms with E-state index in [1.807, 2.05) is 63.2 Å². The van der Waals surface area contributed by atoms with E-state index in [2.05, 4.69) is 20.6 Å². The Morgan fingerprint density at radius 3 is 2.59 bits per heavy atom. The van der Waals surface area contributed by atoms with E-state index in [0.717, 1.165) is 22.8 Å². The van der Waals surface area contributed by atoms with Gasteiger partial charge in [-0.1, -0.05) is 17.7 Å². The molecule has 1 aliphatic heterocycles. The third kappa shape index (κ3) is 5.22. The second-order valence-electron chi connectivity index (χ2n) is 7.54. The van der Waals surface area contributed by atoms with Crippen molar-refractivity contribution in [2.75, 3.05) is 48.8 Å². The fourth-order valence-corrected chi connectivity index (χ4v) is 3.22. The van der Waals surface area contributed by atoms with Gasteiger partial charge >= 0.3 is 0 Å². The van der Waals surface area contributed by atoms with Crippen molar-refractivity contribution in [3.8, 4) is 0 Å². The summed E-state index contributed by atoms with van der Waals surface area (Å²) < 4.78 is 0. The summed E-state index contributed by atoms with van der Waals surface area (Å²) in [6.07, 6.45) is 0.236. The number of hydrogen-bond donors (Lipinski definition) is 2. The molecule has 154 valence electrons. The molecule has 1 saturated heterocycles. The molecular formula is C21H28N6O2. The number of hydrogen-bond acceptors (Lipinski definition) is 6. The second-order valence-corrected chi connectivity index (χ2v) is 7.54. The maximum absolute atomic E-state index is 12.5. The number of nitrogens with one attached hydrogen (secondary N) is 2. The Balaban J connectivity index is 1.48. The Hall–Kier alpha value is -3.16. The molecule has 0 spiro atoms. The van der Waals surface area contributed by atoms with Crippen molar-refractivity contribution in [2.45, 2.75) is 20.3 Å². The van der Waals surface area contributed by atoms with Gasteiger partial charge in [-0.15, -0.1) is 0 Å². The first kappa shape index (κ1) is 20.6. The molecule has 2 amide bonds. The van der Waals surface area contributed by atoms with Gasteiger partial charge in [0.05, 0.1) is 5.92 Å². The van der Waals surface area contributed by atoms with Gasteiger partial charge in [0.1, 0.15) is 5.82 Å². The number of aryl methyl sites for hydroxylation is 2. The Morgan fingerprint density at radius 1 is 1.17 bits per heavy atom. The summed E-state index contributed by atoms with van der Waals surface area (Å²) in [6.45, 7) is 5.27. The van der Waals surface area contributed by atoms with Gasteiger partial charge in [0.15, 0.2) is 0 Å².